The average Bonchev–Trinajstić information content (AvgIpc) is 3.50. The highest BCUT2D eigenvalue weighted by molar-refractivity contribution is 6.31. The first kappa shape index (κ1) is 24.9. The van der Waals surface area contributed by atoms with E-state index in [1.165, 1.54) is 12.1 Å². The smallest absolute Gasteiger partial charge is 0.405 e. The van der Waals surface area contributed by atoms with Gasteiger partial charge in [-0.2, -0.15) is 4.98 Å². The first-order valence-corrected chi connectivity index (χ1v) is 12.1. The van der Waals surface area contributed by atoms with E-state index in [-0.39, 0.29) is 17.6 Å². The second-order valence-electron chi connectivity index (χ2n) is 8.76. The lowest BCUT2D eigenvalue weighted by Crippen LogP contribution is -2.34. The molecule has 1 aliphatic rings. The van der Waals surface area contributed by atoms with E-state index in [1.807, 2.05) is 11.0 Å². The van der Waals surface area contributed by atoms with Crippen LogP contribution in [0.4, 0.5) is 19.1 Å². The summed E-state index contributed by atoms with van der Waals surface area (Å²) in [5, 5.41) is 8.29. The Hall–Kier alpha value is -3.73. The number of carbonyl (C=O) groups is 1. The maximum atomic E-state index is 12.8. The van der Waals surface area contributed by atoms with Gasteiger partial charge in [-0.15, -0.1) is 13.2 Å². The van der Waals surface area contributed by atoms with Crippen LogP contribution in [0.15, 0.2) is 53.1 Å². The van der Waals surface area contributed by atoms with Crippen molar-refractivity contribution in [3.8, 4) is 5.75 Å². The molecule has 37 heavy (non-hydrogen) atoms. The fraction of sp³-hybridized carbons (Fsp3) is 0.320. The topological polar surface area (TPSA) is 96.3 Å². The van der Waals surface area contributed by atoms with Crippen molar-refractivity contribution >= 4 is 34.4 Å². The number of alkyl halides is 3. The number of hydrogen-bond donors (Lipinski definition) is 2. The van der Waals surface area contributed by atoms with Crippen molar-refractivity contribution in [3.63, 3.8) is 0 Å². The number of H-pyrrole nitrogens is 1. The van der Waals surface area contributed by atoms with Crippen molar-refractivity contribution in [2.75, 3.05) is 24.5 Å². The van der Waals surface area contributed by atoms with Crippen LogP contribution in [-0.2, 0) is 6.42 Å². The lowest BCUT2D eigenvalue weighted by molar-refractivity contribution is -0.275. The van der Waals surface area contributed by atoms with Crippen LogP contribution in [-0.4, -0.2) is 47.0 Å². The summed E-state index contributed by atoms with van der Waals surface area (Å²) in [6.45, 7) is 1.42. The van der Waals surface area contributed by atoms with Gasteiger partial charge >= 0.3 is 6.36 Å². The lowest BCUT2D eigenvalue weighted by Gasteiger charge is -2.31. The summed E-state index contributed by atoms with van der Waals surface area (Å²) in [4.78, 5) is 21.9. The summed E-state index contributed by atoms with van der Waals surface area (Å²) >= 11 is 6.00. The number of ether oxygens (including phenoxy) is 1. The molecule has 5 rings (SSSR count). The maximum Gasteiger partial charge on any atom is 0.573 e. The molecule has 3 heterocycles. The Morgan fingerprint density at radius 3 is 2.76 bits per heavy atom. The van der Waals surface area contributed by atoms with Gasteiger partial charge in [-0.05, 0) is 59.8 Å². The molecule has 194 valence electrons. The Balaban J connectivity index is 1.12. The molecule has 0 radical (unpaired) electrons. The zero-order valence-electron chi connectivity index (χ0n) is 19.5. The van der Waals surface area contributed by atoms with Gasteiger partial charge < -0.3 is 24.5 Å². The maximum absolute atomic E-state index is 12.8. The molecule has 0 bridgehead atoms. The van der Waals surface area contributed by atoms with Crippen molar-refractivity contribution in [2.45, 2.75) is 31.5 Å². The Kier molecular flexibility index (Phi) is 6.96. The molecule has 0 unspecified atom stereocenters. The number of nitrogens with zero attached hydrogens (tertiary/aromatic N) is 3. The lowest BCUT2D eigenvalue weighted by atomic mass is 9.89. The van der Waals surface area contributed by atoms with Crippen LogP contribution < -0.4 is 15.0 Å². The van der Waals surface area contributed by atoms with Gasteiger partial charge in [0.15, 0.2) is 0 Å². The number of piperidine rings is 1. The highest BCUT2D eigenvalue weighted by Crippen LogP contribution is 2.37. The van der Waals surface area contributed by atoms with Crippen molar-refractivity contribution in [1.29, 1.82) is 0 Å². The highest BCUT2D eigenvalue weighted by Gasteiger charge is 2.33. The minimum atomic E-state index is -4.73. The first-order chi connectivity index (χ1) is 17.7. The fourth-order valence-corrected chi connectivity index (χ4v) is 4.69. The number of para-hydroxylation sites is 1. The molecule has 12 heteroatoms. The van der Waals surface area contributed by atoms with Gasteiger partial charge in [0, 0.05) is 42.0 Å². The quantitative estimate of drug-likeness (QED) is 0.327. The third-order valence-electron chi connectivity index (χ3n) is 6.27. The summed E-state index contributed by atoms with van der Waals surface area (Å²) in [6, 6.07) is 13.3. The molecule has 1 amide bonds. The van der Waals surface area contributed by atoms with Crippen LogP contribution >= 0.6 is 11.6 Å². The summed E-state index contributed by atoms with van der Waals surface area (Å²) in [5.74, 6) is 0.312. The normalized spacial score (nSPS) is 14.8. The van der Waals surface area contributed by atoms with Crippen molar-refractivity contribution < 1.29 is 27.2 Å². The Labute approximate surface area is 214 Å². The molecule has 2 N–H and O–H groups in total. The number of rotatable bonds is 7. The fourth-order valence-electron chi connectivity index (χ4n) is 4.51. The predicted octanol–water partition coefficient (Wildman–Crippen LogP) is 5.46. The number of halogens is 4. The van der Waals surface area contributed by atoms with Gasteiger partial charge in [0.2, 0.25) is 5.89 Å². The van der Waals surface area contributed by atoms with E-state index in [2.05, 4.69) is 25.2 Å². The average molecular weight is 534 g/mol. The number of anilines is 1. The number of amides is 1. The minimum Gasteiger partial charge on any atom is -0.405 e. The molecule has 1 fully saturated rings. The molecule has 2 aromatic heterocycles. The van der Waals surface area contributed by atoms with Gasteiger partial charge in [-0.3, -0.25) is 4.79 Å². The van der Waals surface area contributed by atoms with Gasteiger partial charge in [0.05, 0.1) is 0 Å². The highest BCUT2D eigenvalue weighted by atomic mass is 35.5. The van der Waals surface area contributed by atoms with Crippen LogP contribution in [0.5, 0.6) is 5.75 Å². The molecule has 8 nitrogen and oxygen atoms in total. The van der Waals surface area contributed by atoms with Crippen molar-refractivity contribution in [1.82, 2.24) is 20.4 Å². The standard InChI is InChI=1S/C25H23ClF3N5O3/c26-17-5-6-19-16(13-17)14-20(31-19)23(35)30-10-7-22-32-24(33-37-22)34-11-8-15(9-12-34)18-3-1-2-4-21(18)36-25(27,28)29/h1-6,13-15,31H,7-12H2,(H,30,35). The molecule has 0 aliphatic carbocycles. The minimum absolute atomic E-state index is 0.0722. The number of hydrogen-bond acceptors (Lipinski definition) is 6. The molecule has 0 saturated carbocycles. The number of benzene rings is 2. The van der Waals surface area contributed by atoms with Crippen LogP contribution in [0.3, 0.4) is 0 Å². The molecular formula is C25H23ClF3N5O3. The summed E-state index contributed by atoms with van der Waals surface area (Å²) < 4.78 is 47.8. The largest absolute Gasteiger partial charge is 0.573 e. The Morgan fingerprint density at radius 1 is 1.19 bits per heavy atom. The zero-order chi connectivity index (χ0) is 26.0. The first-order valence-electron chi connectivity index (χ1n) is 11.7. The number of aromatic nitrogens is 3. The Bertz CT molecular complexity index is 1400. The summed E-state index contributed by atoms with van der Waals surface area (Å²) in [7, 11) is 0. The molecule has 0 spiro atoms. The van der Waals surface area contributed by atoms with E-state index >= 15 is 0 Å². The second-order valence-corrected chi connectivity index (χ2v) is 9.19. The monoisotopic (exact) mass is 533 g/mol. The van der Waals surface area contributed by atoms with Crippen LogP contribution in [0, 0.1) is 0 Å². The molecule has 2 aromatic carbocycles. The number of nitrogens with one attached hydrogen (secondary N) is 2. The number of aromatic amines is 1. The molecule has 1 aliphatic heterocycles. The molecule has 4 aromatic rings. The molecule has 1 saturated heterocycles. The second kappa shape index (κ2) is 10.3. The third kappa shape index (κ3) is 5.99. The van der Waals surface area contributed by atoms with Crippen LogP contribution in [0.1, 0.15) is 40.7 Å². The van der Waals surface area contributed by atoms with Crippen LogP contribution in [0.25, 0.3) is 10.9 Å². The molecule has 0 atom stereocenters. The van der Waals surface area contributed by atoms with Crippen molar-refractivity contribution in [2.24, 2.45) is 0 Å². The van der Waals surface area contributed by atoms with E-state index in [0.29, 0.717) is 67.0 Å². The van der Waals surface area contributed by atoms with Crippen LogP contribution in [0.2, 0.25) is 5.02 Å². The van der Waals surface area contributed by atoms with Gasteiger partial charge in [-0.25, -0.2) is 0 Å². The van der Waals surface area contributed by atoms with Crippen molar-refractivity contribution in [3.05, 3.63) is 70.7 Å². The van der Waals surface area contributed by atoms with E-state index in [9.17, 15) is 18.0 Å². The molecular weight excluding hydrogens is 511 g/mol. The number of carbonyl (C=O) groups excluding carboxylic acids is 1. The van der Waals surface area contributed by atoms with Gasteiger partial charge in [-0.1, -0.05) is 29.8 Å². The summed E-state index contributed by atoms with van der Waals surface area (Å²) in [6.07, 6.45) is -3.15. The predicted molar refractivity (Wildman–Crippen MR) is 131 cm³/mol. The van der Waals surface area contributed by atoms with E-state index in [4.69, 9.17) is 16.1 Å². The Morgan fingerprint density at radius 2 is 1.97 bits per heavy atom. The SMILES string of the molecule is O=C(NCCc1nc(N2CCC(c3ccccc3OC(F)(F)F)CC2)no1)c1cc2cc(Cl)ccc2[nH]1. The van der Waals surface area contributed by atoms with Gasteiger partial charge in [0.1, 0.15) is 11.4 Å². The van der Waals surface area contributed by atoms with E-state index < -0.39 is 6.36 Å². The van der Waals surface area contributed by atoms with E-state index in [1.54, 1.807) is 30.3 Å². The zero-order valence-corrected chi connectivity index (χ0v) is 20.3. The summed E-state index contributed by atoms with van der Waals surface area (Å²) in [5.41, 5.74) is 1.78. The van der Waals surface area contributed by atoms with Gasteiger partial charge in [0.25, 0.3) is 11.9 Å². The number of fused-ring (bicyclic) bond motifs is 1. The van der Waals surface area contributed by atoms with E-state index in [0.717, 1.165) is 10.9 Å². The third-order valence-corrected chi connectivity index (χ3v) is 6.51.